The SMILES string of the molecule is CC(CCC(=O)O)C1CCC2(O)C3(O)CCC4C[C@H](O)C(O)C(O)C4(C)C3C[C@H](O)C12C.CC(CCC(=O)O)C1CCC2=C3CCC4C[C@H](O)C=CC4(C)C3C[C@H](O)C21C.CC(CCC(=O)O)C1CCC2=C3CCC4C[C@H](O)CCC4(C)C3C[C@H](O)C21C. The molecule has 498 valence electrons. The van der Waals surface area contributed by atoms with Crippen molar-refractivity contribution in [3.63, 3.8) is 0 Å². The summed E-state index contributed by atoms with van der Waals surface area (Å²) in [6.45, 7) is 19.2. The second kappa shape index (κ2) is 24.5. The Morgan fingerprint density at radius 2 is 1.03 bits per heavy atom. The second-order valence-corrected chi connectivity index (χ2v) is 33.0. The van der Waals surface area contributed by atoms with Crippen molar-refractivity contribution in [2.24, 2.45) is 104 Å². The third-order valence-electron chi connectivity index (χ3n) is 29.6. The molecule has 28 atom stereocenters. The van der Waals surface area contributed by atoms with Gasteiger partial charge in [0.2, 0.25) is 0 Å². The lowest BCUT2D eigenvalue weighted by Crippen LogP contribution is -2.78. The maximum absolute atomic E-state index is 12.2. The van der Waals surface area contributed by atoms with Gasteiger partial charge in [-0.3, -0.25) is 14.4 Å². The number of hydrogen-bond acceptors (Lipinski definition) is 13. The van der Waals surface area contributed by atoms with E-state index in [0.29, 0.717) is 92.3 Å². The lowest BCUT2D eigenvalue weighted by molar-refractivity contribution is -0.338. The molecule has 0 radical (unpaired) electrons. The molecule has 9 fully saturated rings. The molecule has 12 aliphatic rings. The van der Waals surface area contributed by atoms with Crippen LogP contribution >= 0.6 is 0 Å². The Kier molecular flexibility index (Phi) is 19.0. The van der Waals surface area contributed by atoms with E-state index in [2.05, 4.69) is 47.6 Å². The Hall–Kier alpha value is -2.77. The molecule has 12 rings (SSSR count). The van der Waals surface area contributed by atoms with Crippen LogP contribution in [0.3, 0.4) is 0 Å². The van der Waals surface area contributed by atoms with Crippen molar-refractivity contribution in [3.8, 4) is 0 Å². The third kappa shape index (κ3) is 10.6. The van der Waals surface area contributed by atoms with Crippen LogP contribution in [0.25, 0.3) is 0 Å². The van der Waals surface area contributed by atoms with Crippen LogP contribution in [-0.4, -0.2) is 144 Å². The van der Waals surface area contributed by atoms with Crippen LogP contribution in [0.1, 0.15) is 229 Å². The normalized spacial score (nSPS) is 49.8. The molecular formula is C72H114O16. The van der Waals surface area contributed by atoms with E-state index in [9.17, 15) is 65.4 Å². The molecule has 0 aromatic carbocycles. The van der Waals surface area contributed by atoms with Crippen molar-refractivity contribution < 1.29 is 80.8 Å². The van der Waals surface area contributed by atoms with Gasteiger partial charge >= 0.3 is 17.9 Å². The Morgan fingerprint density at radius 1 is 0.523 bits per heavy atom. The summed E-state index contributed by atoms with van der Waals surface area (Å²) in [4.78, 5) is 33.2. The zero-order chi connectivity index (χ0) is 64.4. The number of allylic oxidation sites excluding steroid dienone is 3. The summed E-state index contributed by atoms with van der Waals surface area (Å²) in [6, 6.07) is 0. The number of carboxylic acid groups (broad SMARTS) is 3. The van der Waals surface area contributed by atoms with Gasteiger partial charge in [-0.1, -0.05) is 96.8 Å². The Balaban J connectivity index is 0.000000146. The molecule has 13 N–H and O–H groups in total. The average molecular weight is 1240 g/mol. The van der Waals surface area contributed by atoms with E-state index in [1.165, 1.54) is 17.6 Å². The molecule has 22 unspecified atom stereocenters. The molecule has 9 saturated carbocycles. The van der Waals surface area contributed by atoms with Crippen LogP contribution in [0.2, 0.25) is 0 Å². The molecule has 0 aromatic rings. The summed E-state index contributed by atoms with van der Waals surface area (Å²) in [5.74, 6) is -0.0432. The van der Waals surface area contributed by atoms with E-state index in [1.807, 2.05) is 26.8 Å². The van der Waals surface area contributed by atoms with E-state index < -0.39 is 70.3 Å². The number of aliphatic hydroxyl groups excluding tert-OH is 8. The van der Waals surface area contributed by atoms with E-state index >= 15 is 0 Å². The maximum Gasteiger partial charge on any atom is 0.303 e. The Labute approximate surface area is 523 Å². The van der Waals surface area contributed by atoms with Crippen LogP contribution in [-0.2, 0) is 14.4 Å². The fourth-order valence-corrected chi connectivity index (χ4v) is 24.2. The van der Waals surface area contributed by atoms with Crippen molar-refractivity contribution in [1.29, 1.82) is 0 Å². The van der Waals surface area contributed by atoms with Gasteiger partial charge in [-0.25, -0.2) is 0 Å². The van der Waals surface area contributed by atoms with E-state index in [-0.39, 0.29) is 95.9 Å². The third-order valence-corrected chi connectivity index (χ3v) is 29.6. The lowest BCUT2D eigenvalue weighted by Gasteiger charge is -2.69. The fraction of sp³-hybridized carbons (Fsp3) is 0.875. The number of fused-ring (bicyclic) bond motifs is 13. The van der Waals surface area contributed by atoms with Crippen LogP contribution in [0, 0.1) is 104 Å². The molecule has 16 nitrogen and oxygen atoms in total. The first kappa shape index (κ1) is 68.1. The monoisotopic (exact) mass is 1230 g/mol. The molecule has 12 aliphatic carbocycles. The summed E-state index contributed by atoms with van der Waals surface area (Å²) in [5, 5.41) is 138. The standard InChI is InChI=1S/C24H40O8.C24H38O4.C24H36O4/c1-12(4-5-18(27)28)14-7-9-24(32)22(14,3)17(26)11-16-21(2)13(6-8-23(16,24)31)10-15(25)19(29)20(21)30;2*1-14(4-9-22(27)28)18-7-8-19-17-6-5-15-12-16(25)10-11-23(15,2)20(17)13-21(26)24(18,19)3/h12-17,19-20,25-26,29-32H,4-11H2,1-3H3,(H,27,28);14-16,18,20-21,25-26H,4-13H2,1-3H3,(H,27,28);10-11,14-16,18,20-21,25-26H,4-9,12-13H2,1-3H3,(H,27,28)/t12?,13?,14?,15-,16?,17-,19?,20?,21?,22?,23?,24?;2*14?,15?,16-,18?,20?,21+,23?,24?/m011/s1. The molecule has 0 heterocycles. The highest BCUT2D eigenvalue weighted by atomic mass is 16.4. The molecule has 0 aromatic heterocycles. The number of aliphatic carboxylic acids is 3. The van der Waals surface area contributed by atoms with Crippen LogP contribution in [0.15, 0.2) is 34.4 Å². The summed E-state index contributed by atoms with van der Waals surface area (Å²) in [7, 11) is 0. The highest BCUT2D eigenvalue weighted by molar-refractivity contribution is 5.67. The number of carbonyl (C=O) groups is 3. The summed E-state index contributed by atoms with van der Waals surface area (Å²) in [5.41, 5.74) is 0.966. The summed E-state index contributed by atoms with van der Waals surface area (Å²) >= 11 is 0. The van der Waals surface area contributed by atoms with Gasteiger partial charge < -0.3 is 66.4 Å². The first-order chi connectivity index (χ1) is 41.1. The molecular weight excluding hydrogens is 1120 g/mol. The highest BCUT2D eigenvalue weighted by Gasteiger charge is 2.78. The van der Waals surface area contributed by atoms with Crippen molar-refractivity contribution in [1.82, 2.24) is 0 Å². The Bertz CT molecular complexity index is 2700. The molecule has 88 heavy (non-hydrogen) atoms. The second-order valence-electron chi connectivity index (χ2n) is 33.0. The van der Waals surface area contributed by atoms with E-state index in [1.54, 1.807) is 11.1 Å². The first-order valence-electron chi connectivity index (χ1n) is 34.8. The van der Waals surface area contributed by atoms with Gasteiger partial charge in [0.15, 0.2) is 0 Å². The molecule has 0 spiro atoms. The number of aliphatic hydroxyl groups is 10. The predicted molar refractivity (Wildman–Crippen MR) is 332 cm³/mol. The largest absolute Gasteiger partial charge is 0.481 e. The van der Waals surface area contributed by atoms with Crippen molar-refractivity contribution in [2.45, 2.75) is 289 Å². The van der Waals surface area contributed by atoms with Gasteiger partial charge in [0.1, 0.15) is 11.7 Å². The number of carboxylic acids is 3. The maximum atomic E-state index is 12.2. The minimum Gasteiger partial charge on any atom is -0.481 e. The van der Waals surface area contributed by atoms with Crippen molar-refractivity contribution >= 4 is 17.9 Å². The van der Waals surface area contributed by atoms with Gasteiger partial charge in [0, 0.05) is 46.8 Å². The average Bonchev–Trinajstić information content (AvgIpc) is 1.29. The van der Waals surface area contributed by atoms with Crippen LogP contribution in [0.4, 0.5) is 0 Å². The summed E-state index contributed by atoms with van der Waals surface area (Å²) < 4.78 is 0. The van der Waals surface area contributed by atoms with Gasteiger partial charge in [-0.05, 0) is 224 Å². The zero-order valence-electron chi connectivity index (χ0n) is 54.6. The lowest BCUT2D eigenvalue weighted by atomic mass is 9.39. The van der Waals surface area contributed by atoms with Gasteiger partial charge in [0.05, 0.1) is 48.3 Å². The number of hydrogen-bond donors (Lipinski definition) is 13. The Morgan fingerprint density at radius 3 is 1.58 bits per heavy atom. The molecule has 0 aliphatic heterocycles. The topological polar surface area (TPSA) is 314 Å². The molecule has 0 bridgehead atoms. The smallest absolute Gasteiger partial charge is 0.303 e. The van der Waals surface area contributed by atoms with Crippen molar-refractivity contribution in [2.75, 3.05) is 0 Å². The van der Waals surface area contributed by atoms with Crippen molar-refractivity contribution in [3.05, 3.63) is 34.4 Å². The summed E-state index contributed by atoms with van der Waals surface area (Å²) in [6.07, 6.45) is 17.0. The van der Waals surface area contributed by atoms with Crippen LogP contribution < -0.4 is 0 Å². The van der Waals surface area contributed by atoms with E-state index in [4.69, 9.17) is 15.3 Å². The van der Waals surface area contributed by atoms with Crippen LogP contribution in [0.5, 0.6) is 0 Å². The predicted octanol–water partition coefficient (Wildman–Crippen LogP) is 9.51. The minimum atomic E-state index is -1.60. The zero-order valence-corrected chi connectivity index (χ0v) is 54.6. The number of rotatable bonds is 12. The molecule has 0 saturated heterocycles. The minimum absolute atomic E-state index is 0.0152. The highest BCUT2D eigenvalue weighted by Crippen LogP contribution is 2.73. The first-order valence-corrected chi connectivity index (χ1v) is 34.8. The van der Waals surface area contributed by atoms with Gasteiger partial charge in [0.25, 0.3) is 0 Å². The van der Waals surface area contributed by atoms with Gasteiger partial charge in [-0.15, -0.1) is 0 Å². The van der Waals surface area contributed by atoms with Gasteiger partial charge in [-0.2, -0.15) is 0 Å². The molecule has 0 amide bonds. The fourth-order valence-electron chi connectivity index (χ4n) is 24.2. The quantitative estimate of drug-likeness (QED) is 0.0809. The molecule has 16 heteroatoms. The van der Waals surface area contributed by atoms with E-state index in [0.717, 1.165) is 83.5 Å².